The first-order valence-electron chi connectivity index (χ1n) is 5.54. The Bertz CT molecular complexity index is 525. The maximum atomic E-state index is 5.57. The summed E-state index contributed by atoms with van der Waals surface area (Å²) in [7, 11) is 1.87. The minimum atomic E-state index is 0.126. The van der Waals surface area contributed by atoms with E-state index >= 15 is 0 Å². The second-order valence-corrected chi connectivity index (χ2v) is 3.53. The summed E-state index contributed by atoms with van der Waals surface area (Å²) in [6.07, 6.45) is 1.73. The number of nitrogens with zero attached hydrogens (tertiary/aromatic N) is 5. The van der Waals surface area contributed by atoms with E-state index in [1.54, 1.807) is 10.9 Å². The van der Waals surface area contributed by atoms with Crippen molar-refractivity contribution >= 4 is 11.9 Å². The van der Waals surface area contributed by atoms with Gasteiger partial charge in [0.1, 0.15) is 0 Å². The molecule has 0 amide bonds. The van der Waals surface area contributed by atoms with Gasteiger partial charge < -0.3 is 15.8 Å². The summed E-state index contributed by atoms with van der Waals surface area (Å²) < 4.78 is 6.95. The molecule has 0 saturated carbocycles. The van der Waals surface area contributed by atoms with Gasteiger partial charge in [-0.05, 0) is 13.0 Å². The van der Waals surface area contributed by atoms with Crippen molar-refractivity contribution in [1.29, 1.82) is 0 Å². The summed E-state index contributed by atoms with van der Waals surface area (Å²) in [6.45, 7) is 2.87. The summed E-state index contributed by atoms with van der Waals surface area (Å²) >= 11 is 0. The molecule has 0 aliphatic carbocycles. The zero-order chi connectivity index (χ0) is 13.0. The Morgan fingerprint density at radius 1 is 1.39 bits per heavy atom. The molecule has 0 radical (unpaired) electrons. The van der Waals surface area contributed by atoms with Gasteiger partial charge in [0, 0.05) is 13.2 Å². The van der Waals surface area contributed by atoms with Gasteiger partial charge in [-0.1, -0.05) is 0 Å². The zero-order valence-corrected chi connectivity index (χ0v) is 10.3. The molecule has 0 unspecified atom stereocenters. The van der Waals surface area contributed by atoms with Gasteiger partial charge in [0.2, 0.25) is 11.9 Å². The maximum Gasteiger partial charge on any atom is 0.323 e. The van der Waals surface area contributed by atoms with Gasteiger partial charge in [-0.15, -0.1) is 0 Å². The molecular formula is C10H15N7O. The van der Waals surface area contributed by atoms with Crippen molar-refractivity contribution in [2.75, 3.05) is 17.7 Å². The highest BCUT2D eigenvalue weighted by Gasteiger charge is 2.05. The van der Waals surface area contributed by atoms with E-state index in [0.29, 0.717) is 19.1 Å². The number of aryl methyl sites for hydroxylation is 1. The summed E-state index contributed by atoms with van der Waals surface area (Å²) in [6, 6.07) is 2.12. The molecule has 0 aromatic carbocycles. The predicted molar refractivity (Wildman–Crippen MR) is 65.9 cm³/mol. The van der Waals surface area contributed by atoms with Gasteiger partial charge >= 0.3 is 6.01 Å². The fraction of sp³-hybridized carbons (Fsp3) is 0.400. The highest BCUT2D eigenvalue weighted by Crippen LogP contribution is 2.09. The third-order valence-electron chi connectivity index (χ3n) is 2.26. The Balaban J connectivity index is 2.07. The van der Waals surface area contributed by atoms with E-state index in [2.05, 4.69) is 25.4 Å². The van der Waals surface area contributed by atoms with Crippen molar-refractivity contribution in [2.45, 2.75) is 13.5 Å². The number of nitrogens with one attached hydrogen (secondary N) is 1. The molecule has 3 N–H and O–H groups in total. The van der Waals surface area contributed by atoms with Crippen LogP contribution < -0.4 is 15.8 Å². The molecule has 0 bridgehead atoms. The number of aromatic nitrogens is 5. The first-order valence-corrected chi connectivity index (χ1v) is 5.54. The zero-order valence-electron chi connectivity index (χ0n) is 10.3. The monoisotopic (exact) mass is 249 g/mol. The quantitative estimate of drug-likeness (QED) is 0.779. The maximum absolute atomic E-state index is 5.57. The van der Waals surface area contributed by atoms with Gasteiger partial charge in [0.25, 0.3) is 0 Å². The van der Waals surface area contributed by atoms with E-state index in [9.17, 15) is 0 Å². The van der Waals surface area contributed by atoms with E-state index < -0.39 is 0 Å². The fourth-order valence-electron chi connectivity index (χ4n) is 1.39. The Kier molecular flexibility index (Phi) is 3.56. The highest BCUT2D eigenvalue weighted by atomic mass is 16.5. The van der Waals surface area contributed by atoms with E-state index in [1.807, 2.05) is 20.0 Å². The molecule has 8 heteroatoms. The third kappa shape index (κ3) is 2.84. The van der Waals surface area contributed by atoms with Crippen molar-refractivity contribution in [2.24, 2.45) is 7.05 Å². The Hall–Kier alpha value is -2.38. The van der Waals surface area contributed by atoms with Crippen LogP contribution in [0.1, 0.15) is 12.6 Å². The molecule has 0 fully saturated rings. The Morgan fingerprint density at radius 2 is 2.22 bits per heavy atom. The third-order valence-corrected chi connectivity index (χ3v) is 2.26. The first-order chi connectivity index (χ1) is 8.69. The van der Waals surface area contributed by atoms with Crippen LogP contribution in [-0.2, 0) is 13.6 Å². The second-order valence-electron chi connectivity index (χ2n) is 3.53. The molecule has 2 heterocycles. The molecule has 0 spiro atoms. The van der Waals surface area contributed by atoms with E-state index in [1.165, 1.54) is 0 Å². The molecule has 0 aliphatic rings. The van der Waals surface area contributed by atoms with Crippen molar-refractivity contribution in [3.63, 3.8) is 0 Å². The Morgan fingerprint density at radius 3 is 2.89 bits per heavy atom. The molecular weight excluding hydrogens is 234 g/mol. The van der Waals surface area contributed by atoms with Crippen molar-refractivity contribution in [3.8, 4) is 6.01 Å². The summed E-state index contributed by atoms with van der Waals surface area (Å²) in [4.78, 5) is 11.9. The van der Waals surface area contributed by atoms with Gasteiger partial charge in [-0.2, -0.15) is 20.1 Å². The van der Waals surface area contributed by atoms with E-state index in [4.69, 9.17) is 10.5 Å². The molecule has 0 saturated heterocycles. The van der Waals surface area contributed by atoms with Gasteiger partial charge in [0.05, 0.1) is 18.8 Å². The number of nitrogen functional groups attached to an aromatic ring is 1. The lowest BCUT2D eigenvalue weighted by Crippen LogP contribution is -2.11. The van der Waals surface area contributed by atoms with Gasteiger partial charge in [0.15, 0.2) is 0 Å². The van der Waals surface area contributed by atoms with Crippen LogP contribution in [0.5, 0.6) is 6.01 Å². The van der Waals surface area contributed by atoms with Gasteiger partial charge in [-0.25, -0.2) is 0 Å². The number of rotatable bonds is 5. The molecule has 0 atom stereocenters. The first kappa shape index (κ1) is 12.1. The van der Waals surface area contributed by atoms with Crippen LogP contribution in [0.2, 0.25) is 0 Å². The predicted octanol–water partition coefficient (Wildman–Crippen LogP) is 0.198. The van der Waals surface area contributed by atoms with Crippen LogP contribution >= 0.6 is 0 Å². The fourth-order valence-corrected chi connectivity index (χ4v) is 1.39. The molecule has 2 aromatic rings. The van der Waals surface area contributed by atoms with Crippen LogP contribution in [0.25, 0.3) is 0 Å². The SMILES string of the molecule is CCOc1nc(N)nc(NCc2ccnn2C)n1. The van der Waals surface area contributed by atoms with Gasteiger partial charge in [-0.3, -0.25) is 4.68 Å². The molecule has 8 nitrogen and oxygen atoms in total. The van der Waals surface area contributed by atoms with Crippen LogP contribution in [0.15, 0.2) is 12.3 Å². The summed E-state index contributed by atoms with van der Waals surface area (Å²) in [5.74, 6) is 0.508. The van der Waals surface area contributed by atoms with E-state index in [-0.39, 0.29) is 12.0 Å². The molecule has 0 aliphatic heterocycles. The lowest BCUT2D eigenvalue weighted by atomic mass is 10.4. The number of hydrogen-bond donors (Lipinski definition) is 2. The lowest BCUT2D eigenvalue weighted by Gasteiger charge is -2.07. The number of hydrogen-bond acceptors (Lipinski definition) is 7. The van der Waals surface area contributed by atoms with E-state index in [0.717, 1.165) is 5.69 Å². The number of nitrogens with two attached hydrogens (primary N) is 1. The molecule has 96 valence electrons. The average Bonchev–Trinajstić information content (AvgIpc) is 2.72. The number of anilines is 2. The number of ether oxygens (including phenoxy) is 1. The topological polar surface area (TPSA) is 104 Å². The van der Waals surface area contributed by atoms with Crippen LogP contribution in [0, 0.1) is 0 Å². The molecule has 2 rings (SSSR count). The van der Waals surface area contributed by atoms with Crippen LogP contribution in [-0.4, -0.2) is 31.3 Å². The summed E-state index contributed by atoms with van der Waals surface area (Å²) in [5, 5.41) is 7.11. The second kappa shape index (κ2) is 5.30. The highest BCUT2D eigenvalue weighted by molar-refractivity contribution is 5.33. The minimum Gasteiger partial charge on any atom is -0.464 e. The molecule has 2 aromatic heterocycles. The van der Waals surface area contributed by atoms with Crippen LogP contribution in [0.3, 0.4) is 0 Å². The van der Waals surface area contributed by atoms with Crippen LogP contribution in [0.4, 0.5) is 11.9 Å². The summed E-state index contributed by atoms with van der Waals surface area (Å²) in [5.41, 5.74) is 6.58. The minimum absolute atomic E-state index is 0.126. The largest absolute Gasteiger partial charge is 0.464 e. The van der Waals surface area contributed by atoms with Crippen molar-refractivity contribution in [3.05, 3.63) is 18.0 Å². The lowest BCUT2D eigenvalue weighted by molar-refractivity contribution is 0.312. The standard InChI is InChI=1S/C10H15N7O/c1-3-18-10-15-8(11)14-9(16-10)12-6-7-4-5-13-17(7)2/h4-5H,3,6H2,1-2H3,(H3,11,12,14,15,16). The normalized spacial score (nSPS) is 10.3. The molecule has 18 heavy (non-hydrogen) atoms. The van der Waals surface area contributed by atoms with Crippen molar-refractivity contribution in [1.82, 2.24) is 24.7 Å². The average molecular weight is 249 g/mol. The Labute approximate surface area is 104 Å². The van der Waals surface area contributed by atoms with Crippen molar-refractivity contribution < 1.29 is 4.74 Å². The smallest absolute Gasteiger partial charge is 0.323 e.